The van der Waals surface area contributed by atoms with Crippen LogP contribution in [0.5, 0.6) is 0 Å². The van der Waals surface area contributed by atoms with Crippen LogP contribution in [0.4, 0.5) is 19.0 Å². The van der Waals surface area contributed by atoms with Gasteiger partial charge in [-0.05, 0) is 12.8 Å². The van der Waals surface area contributed by atoms with Crippen LogP contribution in [-0.4, -0.2) is 9.55 Å². The maximum Gasteiger partial charge on any atom is 0.449 e. The summed E-state index contributed by atoms with van der Waals surface area (Å²) in [5, 5.41) is 0. The summed E-state index contributed by atoms with van der Waals surface area (Å²) in [7, 11) is 0. The minimum Gasteiger partial charge on any atom is -0.382 e. The molecule has 0 bridgehead atoms. The maximum atomic E-state index is 12.6. The van der Waals surface area contributed by atoms with Crippen molar-refractivity contribution in [3.05, 3.63) is 11.5 Å². The Balaban J connectivity index is 2.56. The topological polar surface area (TPSA) is 43.8 Å². The molecule has 1 atom stereocenters. The number of halogens is 3. The molecule has 84 valence electrons. The molecule has 1 unspecified atom stereocenters. The van der Waals surface area contributed by atoms with Crippen LogP contribution in [0.15, 0.2) is 0 Å². The second-order valence-electron chi connectivity index (χ2n) is 3.90. The molecule has 3 nitrogen and oxygen atoms in total. The molecule has 1 aliphatic heterocycles. The molecule has 15 heavy (non-hydrogen) atoms. The second-order valence-corrected chi connectivity index (χ2v) is 3.90. The predicted molar refractivity (Wildman–Crippen MR) is 49.3 cm³/mol. The Morgan fingerprint density at radius 3 is 2.73 bits per heavy atom. The fraction of sp³-hybridized carbons (Fsp3) is 0.667. The van der Waals surface area contributed by atoms with Crippen molar-refractivity contribution < 1.29 is 13.2 Å². The van der Waals surface area contributed by atoms with Crippen molar-refractivity contribution in [2.45, 2.75) is 38.4 Å². The van der Waals surface area contributed by atoms with Crippen LogP contribution in [0.1, 0.15) is 37.2 Å². The van der Waals surface area contributed by atoms with E-state index in [-0.39, 0.29) is 11.7 Å². The molecule has 2 rings (SSSR count). The molecule has 0 radical (unpaired) electrons. The van der Waals surface area contributed by atoms with E-state index >= 15 is 0 Å². The van der Waals surface area contributed by atoms with Gasteiger partial charge in [0.25, 0.3) is 0 Å². The van der Waals surface area contributed by atoms with E-state index in [0.717, 1.165) is 12.8 Å². The van der Waals surface area contributed by atoms with Crippen molar-refractivity contribution in [3.8, 4) is 0 Å². The molecular weight excluding hydrogens is 207 g/mol. The van der Waals surface area contributed by atoms with Crippen LogP contribution in [-0.2, 0) is 12.7 Å². The van der Waals surface area contributed by atoms with E-state index in [1.165, 1.54) is 4.57 Å². The van der Waals surface area contributed by atoms with E-state index in [1.807, 2.05) is 6.92 Å². The summed E-state index contributed by atoms with van der Waals surface area (Å²) < 4.78 is 38.9. The molecule has 0 saturated carbocycles. The Labute approximate surface area is 85.1 Å². The van der Waals surface area contributed by atoms with E-state index in [4.69, 9.17) is 5.73 Å². The van der Waals surface area contributed by atoms with Crippen molar-refractivity contribution >= 4 is 5.82 Å². The van der Waals surface area contributed by atoms with E-state index in [2.05, 4.69) is 4.98 Å². The van der Waals surface area contributed by atoms with Gasteiger partial charge in [-0.3, -0.25) is 0 Å². The van der Waals surface area contributed by atoms with Gasteiger partial charge < -0.3 is 10.3 Å². The highest BCUT2D eigenvalue weighted by Crippen LogP contribution is 2.37. The monoisotopic (exact) mass is 219 g/mol. The highest BCUT2D eigenvalue weighted by Gasteiger charge is 2.40. The van der Waals surface area contributed by atoms with E-state index in [1.54, 1.807) is 0 Å². The first-order chi connectivity index (χ1) is 6.91. The Morgan fingerprint density at radius 1 is 1.47 bits per heavy atom. The summed E-state index contributed by atoms with van der Waals surface area (Å²) in [6, 6.07) is 0. The van der Waals surface area contributed by atoms with Crippen molar-refractivity contribution in [1.29, 1.82) is 0 Å². The molecule has 1 aromatic heterocycles. The largest absolute Gasteiger partial charge is 0.449 e. The molecule has 0 amide bonds. The molecule has 2 heterocycles. The zero-order valence-corrected chi connectivity index (χ0v) is 8.30. The quantitative estimate of drug-likeness (QED) is 0.728. The fourth-order valence-corrected chi connectivity index (χ4v) is 2.14. The third-order valence-electron chi connectivity index (χ3n) is 2.77. The van der Waals surface area contributed by atoms with Gasteiger partial charge in [0.1, 0.15) is 5.82 Å². The van der Waals surface area contributed by atoms with Gasteiger partial charge in [-0.2, -0.15) is 13.2 Å². The first kappa shape index (κ1) is 10.3. The number of nitrogen functional groups attached to an aromatic ring is 1. The number of alkyl halides is 3. The Bertz CT molecular complexity index is 381. The highest BCUT2D eigenvalue weighted by atomic mass is 19.4. The molecule has 1 aromatic rings. The summed E-state index contributed by atoms with van der Waals surface area (Å²) in [4.78, 5) is 3.43. The standard InChI is InChI=1S/C9H12F3N3/c1-5-3-2-4-15-6(5)7(13)14-8(15)9(10,11)12/h5H,2-4,13H2,1H3. The summed E-state index contributed by atoms with van der Waals surface area (Å²) in [6.07, 6.45) is -2.80. The van der Waals surface area contributed by atoms with Gasteiger partial charge in [-0.25, -0.2) is 4.98 Å². The molecule has 0 fully saturated rings. The molecule has 0 saturated heterocycles. The minimum atomic E-state index is -4.41. The number of hydrogen-bond donors (Lipinski definition) is 1. The molecule has 0 aliphatic carbocycles. The van der Waals surface area contributed by atoms with Crippen molar-refractivity contribution in [2.75, 3.05) is 5.73 Å². The average Bonchev–Trinajstić information content (AvgIpc) is 2.44. The second kappa shape index (κ2) is 3.15. The van der Waals surface area contributed by atoms with Crippen LogP contribution in [0.2, 0.25) is 0 Å². The minimum absolute atomic E-state index is 0.0227. The van der Waals surface area contributed by atoms with Crippen molar-refractivity contribution in [2.24, 2.45) is 0 Å². The number of fused-ring (bicyclic) bond motifs is 1. The van der Waals surface area contributed by atoms with Gasteiger partial charge in [0, 0.05) is 12.5 Å². The Hall–Kier alpha value is -1.20. The van der Waals surface area contributed by atoms with E-state index < -0.39 is 12.0 Å². The van der Waals surface area contributed by atoms with Crippen LogP contribution in [0, 0.1) is 0 Å². The molecule has 0 spiro atoms. The number of anilines is 1. The first-order valence-electron chi connectivity index (χ1n) is 4.84. The number of aromatic nitrogens is 2. The fourth-order valence-electron chi connectivity index (χ4n) is 2.14. The first-order valence-corrected chi connectivity index (χ1v) is 4.84. The van der Waals surface area contributed by atoms with Crippen molar-refractivity contribution in [3.63, 3.8) is 0 Å². The van der Waals surface area contributed by atoms with E-state index in [0.29, 0.717) is 12.2 Å². The van der Waals surface area contributed by atoms with Gasteiger partial charge >= 0.3 is 6.18 Å². The molecule has 6 heteroatoms. The lowest BCUT2D eigenvalue weighted by Crippen LogP contribution is -2.20. The zero-order valence-electron chi connectivity index (χ0n) is 8.30. The lowest BCUT2D eigenvalue weighted by molar-refractivity contribution is -0.147. The lowest BCUT2D eigenvalue weighted by Gasteiger charge is -2.22. The van der Waals surface area contributed by atoms with Crippen molar-refractivity contribution in [1.82, 2.24) is 9.55 Å². The normalized spacial score (nSPS) is 21.5. The zero-order chi connectivity index (χ0) is 11.2. The molecule has 2 N–H and O–H groups in total. The smallest absolute Gasteiger partial charge is 0.382 e. The average molecular weight is 219 g/mol. The van der Waals surface area contributed by atoms with E-state index in [9.17, 15) is 13.2 Å². The van der Waals surface area contributed by atoms with Gasteiger partial charge in [-0.1, -0.05) is 6.92 Å². The van der Waals surface area contributed by atoms with Gasteiger partial charge in [-0.15, -0.1) is 0 Å². The van der Waals surface area contributed by atoms with Gasteiger partial charge in [0.05, 0.1) is 5.69 Å². The lowest BCUT2D eigenvalue weighted by atomic mass is 9.98. The molecular formula is C9H12F3N3. The molecule has 1 aliphatic rings. The van der Waals surface area contributed by atoms with Crippen LogP contribution >= 0.6 is 0 Å². The number of hydrogen-bond acceptors (Lipinski definition) is 2. The number of nitrogens with zero attached hydrogens (tertiary/aromatic N) is 2. The summed E-state index contributed by atoms with van der Waals surface area (Å²) in [6.45, 7) is 2.24. The summed E-state index contributed by atoms with van der Waals surface area (Å²) in [5.41, 5.74) is 6.05. The maximum absolute atomic E-state index is 12.6. The third-order valence-corrected chi connectivity index (χ3v) is 2.77. The number of nitrogens with two attached hydrogens (primary N) is 1. The summed E-state index contributed by atoms with van der Waals surface area (Å²) >= 11 is 0. The van der Waals surface area contributed by atoms with Crippen LogP contribution < -0.4 is 5.73 Å². The summed E-state index contributed by atoms with van der Waals surface area (Å²) in [5.74, 6) is -0.779. The number of rotatable bonds is 0. The predicted octanol–water partition coefficient (Wildman–Crippen LogP) is 2.38. The SMILES string of the molecule is CC1CCCn2c(C(F)(F)F)nc(N)c21. The van der Waals surface area contributed by atoms with Crippen LogP contribution in [0.3, 0.4) is 0 Å². The molecule has 0 aromatic carbocycles. The third kappa shape index (κ3) is 1.57. The highest BCUT2D eigenvalue weighted by molar-refractivity contribution is 5.41. The Morgan fingerprint density at radius 2 is 2.13 bits per heavy atom. The Kier molecular flexibility index (Phi) is 2.17. The number of imidazole rings is 1. The van der Waals surface area contributed by atoms with Gasteiger partial charge in [0.2, 0.25) is 5.82 Å². The van der Waals surface area contributed by atoms with Gasteiger partial charge in [0.15, 0.2) is 0 Å². The van der Waals surface area contributed by atoms with Crippen LogP contribution in [0.25, 0.3) is 0 Å².